The first-order chi connectivity index (χ1) is 15.9. The van der Waals surface area contributed by atoms with Crippen molar-refractivity contribution in [1.29, 1.82) is 0 Å². The number of benzene rings is 3. The number of carbonyl (C=O) groups is 2. The topological polar surface area (TPSA) is 96.3 Å². The zero-order valence-corrected chi connectivity index (χ0v) is 18.5. The smallest absolute Gasteiger partial charge is 0.300 e. The zero-order valence-electron chi connectivity index (χ0n) is 17.8. The average Bonchev–Trinajstić information content (AvgIpc) is 3.09. The predicted octanol–water partition coefficient (Wildman–Crippen LogP) is 4.69. The van der Waals surface area contributed by atoms with Crippen LogP contribution in [0, 0.1) is 0 Å². The van der Waals surface area contributed by atoms with Gasteiger partial charge in [0.25, 0.3) is 11.7 Å². The van der Waals surface area contributed by atoms with E-state index in [1.807, 2.05) is 0 Å². The Bertz CT molecular complexity index is 1270. The fraction of sp³-hybridized carbons (Fsp3) is 0.120. The molecule has 0 radical (unpaired) electrons. The highest BCUT2D eigenvalue weighted by atomic mass is 35.5. The monoisotopic (exact) mass is 465 g/mol. The minimum Gasteiger partial charge on any atom is -0.508 e. The third kappa shape index (κ3) is 3.87. The van der Waals surface area contributed by atoms with E-state index in [0.29, 0.717) is 17.0 Å². The lowest BCUT2D eigenvalue weighted by atomic mass is 9.94. The fourth-order valence-electron chi connectivity index (χ4n) is 3.89. The molecule has 168 valence electrons. The molecular formula is C25H20ClNO6. The van der Waals surface area contributed by atoms with E-state index >= 15 is 0 Å². The molecule has 0 spiro atoms. The number of hydrogen-bond donors (Lipinski definition) is 2. The third-order valence-corrected chi connectivity index (χ3v) is 5.69. The van der Waals surface area contributed by atoms with Gasteiger partial charge in [-0.15, -0.1) is 0 Å². The molecule has 3 aromatic carbocycles. The van der Waals surface area contributed by atoms with Gasteiger partial charge < -0.3 is 19.7 Å². The van der Waals surface area contributed by atoms with Gasteiger partial charge in [-0.3, -0.25) is 14.5 Å². The molecule has 3 aromatic rings. The standard InChI is InChI=1S/C25H20ClNO6/c1-32-19-13-20(33-2)18(26)12-17(19)23(29)21-22(14-7-6-10-16(28)11-14)27(25(31)24(21)30)15-8-4-3-5-9-15/h3-13,22,28-29H,1-2H3/b23-21+. The summed E-state index contributed by atoms with van der Waals surface area (Å²) in [6, 6.07) is 16.7. The Labute approximate surface area is 195 Å². The van der Waals surface area contributed by atoms with Crippen LogP contribution in [0.3, 0.4) is 0 Å². The van der Waals surface area contributed by atoms with Crippen LogP contribution in [0.25, 0.3) is 5.76 Å². The van der Waals surface area contributed by atoms with Crippen LogP contribution in [0.1, 0.15) is 17.2 Å². The minimum atomic E-state index is -0.995. The molecular weight excluding hydrogens is 446 g/mol. The second kappa shape index (κ2) is 8.88. The molecule has 33 heavy (non-hydrogen) atoms. The minimum absolute atomic E-state index is 0.0452. The van der Waals surface area contributed by atoms with Crippen molar-refractivity contribution >= 4 is 34.7 Å². The van der Waals surface area contributed by atoms with Gasteiger partial charge in [-0.1, -0.05) is 41.9 Å². The van der Waals surface area contributed by atoms with Crippen LogP contribution >= 0.6 is 11.6 Å². The van der Waals surface area contributed by atoms with Crippen molar-refractivity contribution in [2.45, 2.75) is 6.04 Å². The summed E-state index contributed by atoms with van der Waals surface area (Å²) in [4.78, 5) is 27.6. The number of ketones is 1. The van der Waals surface area contributed by atoms with Crippen molar-refractivity contribution < 1.29 is 29.3 Å². The molecule has 0 bridgehead atoms. The summed E-state index contributed by atoms with van der Waals surface area (Å²) in [7, 11) is 2.84. The number of phenolic OH excluding ortho intramolecular Hbond substituents is 1. The maximum atomic E-state index is 13.2. The van der Waals surface area contributed by atoms with Crippen LogP contribution in [0.15, 0.2) is 72.3 Å². The number of amides is 1. The van der Waals surface area contributed by atoms with Gasteiger partial charge in [-0.2, -0.15) is 0 Å². The summed E-state index contributed by atoms with van der Waals surface area (Å²) in [5, 5.41) is 21.6. The second-order valence-electron chi connectivity index (χ2n) is 7.29. The number of Topliss-reactive ketones (excluding diaryl/α,β-unsaturated/α-hetero) is 1. The molecule has 1 fully saturated rings. The van der Waals surface area contributed by atoms with Gasteiger partial charge in [0.1, 0.15) is 23.0 Å². The number of nitrogens with zero attached hydrogens (tertiary/aromatic N) is 1. The molecule has 2 N–H and O–H groups in total. The lowest BCUT2D eigenvalue weighted by molar-refractivity contribution is -0.132. The highest BCUT2D eigenvalue weighted by molar-refractivity contribution is 6.51. The number of aromatic hydroxyl groups is 1. The lowest BCUT2D eigenvalue weighted by Gasteiger charge is -2.25. The van der Waals surface area contributed by atoms with E-state index in [2.05, 4.69) is 0 Å². The Kier molecular flexibility index (Phi) is 5.98. The molecule has 1 unspecified atom stereocenters. The van der Waals surface area contributed by atoms with Crippen LogP contribution in [0.2, 0.25) is 5.02 Å². The van der Waals surface area contributed by atoms with Crippen molar-refractivity contribution in [3.63, 3.8) is 0 Å². The number of carbonyl (C=O) groups excluding carboxylic acids is 2. The molecule has 1 atom stereocenters. The Hall–Kier alpha value is -3.97. The van der Waals surface area contributed by atoms with Crippen LogP contribution in [0.5, 0.6) is 17.2 Å². The Balaban J connectivity index is 1.99. The van der Waals surface area contributed by atoms with E-state index in [1.165, 1.54) is 43.4 Å². The van der Waals surface area contributed by atoms with Gasteiger partial charge in [0.15, 0.2) is 0 Å². The Morgan fingerprint density at radius 1 is 0.939 bits per heavy atom. The summed E-state index contributed by atoms with van der Waals surface area (Å²) < 4.78 is 10.6. The van der Waals surface area contributed by atoms with Gasteiger partial charge in [0, 0.05) is 11.8 Å². The summed E-state index contributed by atoms with van der Waals surface area (Å²) in [6.07, 6.45) is 0. The molecule has 0 aliphatic carbocycles. The fourth-order valence-corrected chi connectivity index (χ4v) is 4.13. The van der Waals surface area contributed by atoms with Gasteiger partial charge >= 0.3 is 0 Å². The van der Waals surface area contributed by atoms with Crippen molar-refractivity contribution in [2.75, 3.05) is 19.1 Å². The number of phenols is 1. The van der Waals surface area contributed by atoms with E-state index in [1.54, 1.807) is 42.5 Å². The van der Waals surface area contributed by atoms with Gasteiger partial charge in [-0.25, -0.2) is 0 Å². The first-order valence-electron chi connectivity index (χ1n) is 9.94. The Morgan fingerprint density at radius 2 is 1.64 bits per heavy atom. The molecule has 1 heterocycles. The quantitative estimate of drug-likeness (QED) is 0.322. The zero-order chi connectivity index (χ0) is 23.7. The lowest BCUT2D eigenvalue weighted by Crippen LogP contribution is -2.29. The van der Waals surface area contributed by atoms with E-state index in [9.17, 15) is 19.8 Å². The van der Waals surface area contributed by atoms with Crippen LogP contribution < -0.4 is 14.4 Å². The van der Waals surface area contributed by atoms with Crippen molar-refractivity contribution in [3.05, 3.63) is 88.5 Å². The molecule has 1 saturated heterocycles. The van der Waals surface area contributed by atoms with Crippen molar-refractivity contribution in [1.82, 2.24) is 0 Å². The van der Waals surface area contributed by atoms with Crippen LogP contribution in [0.4, 0.5) is 5.69 Å². The molecule has 1 aliphatic rings. The molecule has 8 heteroatoms. The predicted molar refractivity (Wildman–Crippen MR) is 124 cm³/mol. The van der Waals surface area contributed by atoms with E-state index < -0.39 is 23.5 Å². The number of hydrogen-bond acceptors (Lipinski definition) is 6. The number of para-hydroxylation sites is 1. The van der Waals surface area contributed by atoms with Gasteiger partial charge in [-0.05, 0) is 35.9 Å². The normalized spacial score (nSPS) is 17.3. The van der Waals surface area contributed by atoms with E-state index in [4.69, 9.17) is 21.1 Å². The van der Waals surface area contributed by atoms with E-state index in [-0.39, 0.29) is 27.7 Å². The maximum Gasteiger partial charge on any atom is 0.300 e. The van der Waals surface area contributed by atoms with Crippen LogP contribution in [-0.4, -0.2) is 36.1 Å². The van der Waals surface area contributed by atoms with Gasteiger partial charge in [0.2, 0.25) is 0 Å². The second-order valence-corrected chi connectivity index (χ2v) is 7.69. The number of rotatable bonds is 5. The van der Waals surface area contributed by atoms with Crippen molar-refractivity contribution in [2.24, 2.45) is 0 Å². The number of anilines is 1. The molecule has 1 amide bonds. The van der Waals surface area contributed by atoms with Crippen molar-refractivity contribution in [3.8, 4) is 17.2 Å². The summed E-state index contributed by atoms with van der Waals surface area (Å²) >= 11 is 6.26. The molecule has 1 aliphatic heterocycles. The number of aliphatic hydroxyl groups is 1. The Morgan fingerprint density at radius 3 is 2.27 bits per heavy atom. The summed E-state index contributed by atoms with van der Waals surface area (Å²) in [5.41, 5.74) is 0.874. The number of aliphatic hydroxyl groups excluding tert-OH is 1. The highest BCUT2D eigenvalue weighted by Crippen LogP contribution is 2.45. The maximum absolute atomic E-state index is 13.2. The summed E-state index contributed by atoms with van der Waals surface area (Å²) in [5.74, 6) is -1.67. The third-order valence-electron chi connectivity index (χ3n) is 5.39. The first-order valence-corrected chi connectivity index (χ1v) is 10.3. The average molecular weight is 466 g/mol. The first kappa shape index (κ1) is 22.2. The molecule has 0 saturated carbocycles. The SMILES string of the molecule is COc1cc(OC)c(/C(O)=C2\C(=O)C(=O)N(c3ccccc3)C2c2cccc(O)c2)cc1Cl. The highest BCUT2D eigenvalue weighted by Gasteiger charge is 2.47. The number of halogens is 1. The molecule has 7 nitrogen and oxygen atoms in total. The summed E-state index contributed by atoms with van der Waals surface area (Å²) in [6.45, 7) is 0. The van der Waals surface area contributed by atoms with Crippen LogP contribution in [-0.2, 0) is 9.59 Å². The van der Waals surface area contributed by atoms with E-state index in [0.717, 1.165) is 0 Å². The largest absolute Gasteiger partial charge is 0.508 e. The van der Waals surface area contributed by atoms with Gasteiger partial charge in [0.05, 0.1) is 36.4 Å². The number of ether oxygens (including phenoxy) is 2. The molecule has 4 rings (SSSR count). The molecule has 0 aromatic heterocycles. The number of methoxy groups -OCH3 is 2.